The molecule has 1 aromatic carbocycles. The Bertz CT molecular complexity index is 413. The third-order valence-electron chi connectivity index (χ3n) is 3.72. The van der Waals surface area contributed by atoms with Crippen molar-refractivity contribution in [3.05, 3.63) is 29.8 Å². The summed E-state index contributed by atoms with van der Waals surface area (Å²) in [5.74, 6) is 0.403. The molecule has 0 radical (unpaired) electrons. The van der Waals surface area contributed by atoms with Crippen molar-refractivity contribution in [3.63, 3.8) is 0 Å². The van der Waals surface area contributed by atoms with Gasteiger partial charge in [0, 0.05) is 24.7 Å². The van der Waals surface area contributed by atoms with Crippen molar-refractivity contribution in [2.45, 2.75) is 32.7 Å². The average molecular weight is 246 g/mol. The first-order valence-corrected chi connectivity index (χ1v) is 6.65. The van der Waals surface area contributed by atoms with Gasteiger partial charge in [0.15, 0.2) is 0 Å². The van der Waals surface area contributed by atoms with Crippen LogP contribution < -0.4 is 10.2 Å². The number of piperidine rings is 1. The lowest BCUT2D eigenvalue weighted by molar-refractivity contribution is -0.123. The van der Waals surface area contributed by atoms with Crippen LogP contribution in [0.1, 0.15) is 25.3 Å². The zero-order chi connectivity index (χ0) is 13.1. The van der Waals surface area contributed by atoms with Crippen LogP contribution in [-0.2, 0) is 4.79 Å². The van der Waals surface area contributed by atoms with Gasteiger partial charge in [0.2, 0.25) is 5.91 Å². The molecule has 1 aliphatic rings. The van der Waals surface area contributed by atoms with E-state index in [2.05, 4.69) is 19.2 Å². The van der Waals surface area contributed by atoms with E-state index in [9.17, 15) is 4.79 Å². The van der Waals surface area contributed by atoms with E-state index in [1.807, 2.05) is 31.3 Å². The van der Waals surface area contributed by atoms with Gasteiger partial charge in [-0.1, -0.05) is 17.7 Å². The number of benzene rings is 1. The summed E-state index contributed by atoms with van der Waals surface area (Å²) in [6, 6.07) is 8.56. The van der Waals surface area contributed by atoms with Gasteiger partial charge in [-0.15, -0.1) is 0 Å². The molecule has 1 saturated heterocycles. The fourth-order valence-electron chi connectivity index (χ4n) is 2.53. The van der Waals surface area contributed by atoms with E-state index in [0.717, 1.165) is 25.1 Å². The standard InChI is InChI=1S/C15H22N2O/c1-11-4-6-14(7-5-11)17(3)15(18)13-8-9-16-12(2)10-13/h4-7,12-13,16H,8-10H2,1-3H3/t12-,13-/m0/s1. The SMILES string of the molecule is Cc1ccc(N(C)C(=O)[C@H]2CCN[C@@H](C)C2)cc1. The summed E-state index contributed by atoms with van der Waals surface area (Å²) in [4.78, 5) is 14.2. The maximum Gasteiger partial charge on any atom is 0.229 e. The Labute approximate surface area is 109 Å². The number of rotatable bonds is 2. The van der Waals surface area contributed by atoms with Gasteiger partial charge < -0.3 is 10.2 Å². The van der Waals surface area contributed by atoms with Crippen LogP contribution in [0.2, 0.25) is 0 Å². The minimum Gasteiger partial charge on any atom is -0.315 e. The van der Waals surface area contributed by atoms with Crippen molar-refractivity contribution in [3.8, 4) is 0 Å². The number of nitrogens with zero attached hydrogens (tertiary/aromatic N) is 1. The molecule has 1 N–H and O–H groups in total. The van der Waals surface area contributed by atoms with Crippen molar-refractivity contribution in [1.29, 1.82) is 0 Å². The van der Waals surface area contributed by atoms with Crippen LogP contribution in [0.3, 0.4) is 0 Å². The van der Waals surface area contributed by atoms with Gasteiger partial charge in [0.1, 0.15) is 0 Å². The molecule has 98 valence electrons. The first-order chi connectivity index (χ1) is 8.58. The normalized spacial score (nSPS) is 23.7. The van der Waals surface area contributed by atoms with Crippen LogP contribution in [0.15, 0.2) is 24.3 Å². The topological polar surface area (TPSA) is 32.3 Å². The van der Waals surface area contributed by atoms with Gasteiger partial charge in [-0.3, -0.25) is 4.79 Å². The van der Waals surface area contributed by atoms with E-state index in [1.54, 1.807) is 4.90 Å². The molecule has 0 aliphatic carbocycles. The van der Waals surface area contributed by atoms with Crippen LogP contribution in [0.4, 0.5) is 5.69 Å². The molecule has 1 amide bonds. The lowest BCUT2D eigenvalue weighted by atomic mass is 9.92. The van der Waals surface area contributed by atoms with Crippen molar-refractivity contribution in [1.82, 2.24) is 5.32 Å². The van der Waals surface area contributed by atoms with Crippen molar-refractivity contribution < 1.29 is 4.79 Å². The fraction of sp³-hybridized carbons (Fsp3) is 0.533. The zero-order valence-electron chi connectivity index (χ0n) is 11.4. The number of aryl methyl sites for hydroxylation is 1. The highest BCUT2D eigenvalue weighted by atomic mass is 16.2. The molecule has 1 heterocycles. The van der Waals surface area contributed by atoms with Crippen molar-refractivity contribution in [2.75, 3.05) is 18.5 Å². The lowest BCUT2D eigenvalue weighted by Gasteiger charge is -2.30. The van der Waals surface area contributed by atoms with E-state index in [-0.39, 0.29) is 11.8 Å². The summed E-state index contributed by atoms with van der Waals surface area (Å²) >= 11 is 0. The van der Waals surface area contributed by atoms with Crippen LogP contribution in [-0.4, -0.2) is 25.5 Å². The maximum absolute atomic E-state index is 12.4. The molecule has 1 aliphatic heterocycles. The highest BCUT2D eigenvalue weighted by Gasteiger charge is 2.27. The monoisotopic (exact) mass is 246 g/mol. The number of hydrogen-bond donors (Lipinski definition) is 1. The Balaban J connectivity index is 2.06. The molecule has 0 saturated carbocycles. The van der Waals surface area contributed by atoms with Gasteiger partial charge in [-0.25, -0.2) is 0 Å². The first-order valence-electron chi connectivity index (χ1n) is 6.65. The van der Waals surface area contributed by atoms with Crippen LogP contribution in [0, 0.1) is 12.8 Å². The molecular weight excluding hydrogens is 224 g/mol. The van der Waals surface area contributed by atoms with Crippen LogP contribution >= 0.6 is 0 Å². The second kappa shape index (κ2) is 5.53. The summed E-state index contributed by atoms with van der Waals surface area (Å²) < 4.78 is 0. The Morgan fingerprint density at radius 1 is 1.33 bits per heavy atom. The molecule has 0 unspecified atom stereocenters. The Morgan fingerprint density at radius 3 is 2.61 bits per heavy atom. The highest BCUT2D eigenvalue weighted by molar-refractivity contribution is 5.94. The first kappa shape index (κ1) is 13.1. The average Bonchev–Trinajstić information content (AvgIpc) is 2.38. The quantitative estimate of drug-likeness (QED) is 0.868. The van der Waals surface area contributed by atoms with Crippen molar-refractivity contribution >= 4 is 11.6 Å². The smallest absolute Gasteiger partial charge is 0.229 e. The number of amides is 1. The van der Waals surface area contributed by atoms with Gasteiger partial charge in [0.25, 0.3) is 0 Å². The van der Waals surface area contributed by atoms with E-state index in [4.69, 9.17) is 0 Å². The molecule has 18 heavy (non-hydrogen) atoms. The summed E-state index contributed by atoms with van der Waals surface area (Å²) in [6.45, 7) is 5.14. The van der Waals surface area contributed by atoms with E-state index >= 15 is 0 Å². The number of anilines is 1. The minimum atomic E-state index is 0.160. The van der Waals surface area contributed by atoms with E-state index in [1.165, 1.54) is 5.56 Å². The predicted molar refractivity (Wildman–Crippen MR) is 74.8 cm³/mol. The van der Waals surface area contributed by atoms with Gasteiger partial charge in [0.05, 0.1) is 0 Å². The van der Waals surface area contributed by atoms with E-state index in [0.29, 0.717) is 6.04 Å². The Kier molecular flexibility index (Phi) is 4.02. The zero-order valence-corrected chi connectivity index (χ0v) is 11.4. The third-order valence-corrected chi connectivity index (χ3v) is 3.72. The fourth-order valence-corrected chi connectivity index (χ4v) is 2.53. The Morgan fingerprint density at radius 2 is 2.00 bits per heavy atom. The molecule has 3 nitrogen and oxygen atoms in total. The second-order valence-corrected chi connectivity index (χ2v) is 5.31. The molecule has 3 heteroatoms. The van der Waals surface area contributed by atoms with Crippen LogP contribution in [0.5, 0.6) is 0 Å². The van der Waals surface area contributed by atoms with Gasteiger partial charge >= 0.3 is 0 Å². The molecule has 1 aromatic rings. The molecule has 0 aromatic heterocycles. The Hall–Kier alpha value is -1.35. The third kappa shape index (κ3) is 2.91. The second-order valence-electron chi connectivity index (χ2n) is 5.31. The summed E-state index contributed by atoms with van der Waals surface area (Å²) in [5.41, 5.74) is 2.20. The molecule has 0 spiro atoms. The molecule has 2 rings (SSSR count). The van der Waals surface area contributed by atoms with Gasteiger partial charge in [-0.2, -0.15) is 0 Å². The largest absolute Gasteiger partial charge is 0.315 e. The number of carbonyl (C=O) groups excluding carboxylic acids is 1. The van der Waals surface area contributed by atoms with E-state index < -0.39 is 0 Å². The summed E-state index contributed by atoms with van der Waals surface area (Å²) in [5, 5.41) is 3.38. The summed E-state index contributed by atoms with van der Waals surface area (Å²) in [7, 11) is 1.87. The predicted octanol–water partition coefficient (Wildman–Crippen LogP) is 2.35. The van der Waals surface area contributed by atoms with Gasteiger partial charge in [-0.05, 0) is 45.4 Å². The molecule has 2 atom stereocenters. The van der Waals surface area contributed by atoms with Crippen molar-refractivity contribution in [2.24, 2.45) is 5.92 Å². The molecule has 0 bridgehead atoms. The highest BCUT2D eigenvalue weighted by Crippen LogP contribution is 2.22. The molecular formula is C15H22N2O. The number of hydrogen-bond acceptors (Lipinski definition) is 2. The number of nitrogens with one attached hydrogen (secondary N) is 1. The maximum atomic E-state index is 12.4. The lowest BCUT2D eigenvalue weighted by Crippen LogP contribution is -2.43. The minimum absolute atomic E-state index is 0.160. The van der Waals surface area contributed by atoms with Crippen LogP contribution in [0.25, 0.3) is 0 Å². The number of carbonyl (C=O) groups is 1. The summed E-state index contributed by atoms with van der Waals surface area (Å²) in [6.07, 6.45) is 1.88. The molecule has 1 fully saturated rings.